The van der Waals surface area contributed by atoms with E-state index in [1.807, 2.05) is 6.92 Å². The fraction of sp³-hybridized carbons (Fsp3) is 0.333. The molecule has 2 rings (SSSR count). The van der Waals surface area contributed by atoms with E-state index in [1.165, 1.54) is 10.9 Å². The smallest absolute Gasteiger partial charge is 0.412 e. The quantitative estimate of drug-likeness (QED) is 0.797. The molecule has 0 unspecified atom stereocenters. The predicted octanol–water partition coefficient (Wildman–Crippen LogP) is 1.26. The Balaban J connectivity index is 2.01. The van der Waals surface area contributed by atoms with E-state index in [0.717, 1.165) is 12.8 Å². The second kappa shape index (κ2) is 6.50. The molecule has 2 aromatic heterocycles. The van der Waals surface area contributed by atoms with Crippen molar-refractivity contribution in [3.8, 4) is 17.6 Å². The third-order valence-corrected chi connectivity index (χ3v) is 2.44. The highest BCUT2D eigenvalue weighted by atomic mass is 16.6. The Hall–Kier alpha value is -2.64. The lowest BCUT2D eigenvalue weighted by atomic mass is 10.3. The molecule has 0 fully saturated rings. The molecule has 0 aliphatic heterocycles. The van der Waals surface area contributed by atoms with Crippen molar-refractivity contribution in [2.75, 3.05) is 6.54 Å². The Morgan fingerprint density at radius 3 is 3.05 bits per heavy atom. The zero-order chi connectivity index (χ0) is 14.4. The van der Waals surface area contributed by atoms with Crippen molar-refractivity contribution in [3.63, 3.8) is 0 Å². The van der Waals surface area contributed by atoms with Gasteiger partial charge in [-0.2, -0.15) is 10.1 Å². The van der Waals surface area contributed by atoms with Gasteiger partial charge in [-0.1, -0.05) is 13.3 Å². The van der Waals surface area contributed by atoms with Crippen molar-refractivity contribution in [1.29, 1.82) is 0 Å². The zero-order valence-corrected chi connectivity index (χ0v) is 11.0. The summed E-state index contributed by atoms with van der Waals surface area (Å²) in [5.41, 5.74) is 0. The van der Waals surface area contributed by atoms with Gasteiger partial charge in [-0.3, -0.25) is 0 Å². The number of nitrogens with one attached hydrogen (secondary N) is 1. The first-order valence-corrected chi connectivity index (χ1v) is 6.22. The van der Waals surface area contributed by atoms with Crippen LogP contribution in [-0.4, -0.2) is 37.5 Å². The third kappa shape index (κ3) is 3.44. The molecule has 0 aliphatic carbocycles. The van der Waals surface area contributed by atoms with Gasteiger partial charge in [0.1, 0.15) is 0 Å². The Morgan fingerprint density at radius 1 is 1.55 bits per heavy atom. The maximum atomic E-state index is 11.4. The Labute approximate surface area is 115 Å². The van der Waals surface area contributed by atoms with Gasteiger partial charge in [0, 0.05) is 18.9 Å². The van der Waals surface area contributed by atoms with Crippen molar-refractivity contribution >= 4 is 6.09 Å². The average Bonchev–Trinajstić information content (AvgIpc) is 2.95. The van der Waals surface area contributed by atoms with Gasteiger partial charge in [0.05, 0.1) is 6.20 Å². The van der Waals surface area contributed by atoms with Gasteiger partial charge in [0.2, 0.25) is 5.75 Å². The number of rotatable bonds is 5. The van der Waals surface area contributed by atoms with E-state index in [-0.39, 0.29) is 11.7 Å². The van der Waals surface area contributed by atoms with Crippen LogP contribution in [0.15, 0.2) is 24.7 Å². The van der Waals surface area contributed by atoms with Crippen LogP contribution in [0.4, 0.5) is 4.79 Å². The molecule has 0 atom stereocenters. The van der Waals surface area contributed by atoms with Crippen molar-refractivity contribution in [2.45, 2.75) is 19.8 Å². The van der Waals surface area contributed by atoms with Gasteiger partial charge < -0.3 is 15.2 Å². The highest BCUT2D eigenvalue weighted by molar-refractivity contribution is 5.70. The number of aromatic hydroxyl groups is 1. The number of carbonyl (C=O) groups excluding carboxylic acids is 1. The summed E-state index contributed by atoms with van der Waals surface area (Å²) in [6, 6.07) is 1.70. The van der Waals surface area contributed by atoms with Gasteiger partial charge >= 0.3 is 6.09 Å². The first-order chi connectivity index (χ1) is 9.70. The molecule has 2 heterocycles. The van der Waals surface area contributed by atoms with Gasteiger partial charge in [-0.05, 0) is 12.5 Å². The summed E-state index contributed by atoms with van der Waals surface area (Å²) in [5, 5.41) is 16.2. The lowest BCUT2D eigenvalue weighted by Gasteiger charge is -2.07. The van der Waals surface area contributed by atoms with Crippen LogP contribution in [-0.2, 0) is 0 Å². The highest BCUT2D eigenvalue weighted by Gasteiger charge is 2.12. The van der Waals surface area contributed by atoms with Crippen LogP contribution < -0.4 is 10.1 Å². The number of amides is 1. The molecular formula is C12H15N5O3. The van der Waals surface area contributed by atoms with Gasteiger partial charge in [-0.15, -0.1) is 0 Å². The van der Waals surface area contributed by atoms with E-state index in [2.05, 4.69) is 20.4 Å². The number of ether oxygens (including phenoxy) is 1. The summed E-state index contributed by atoms with van der Waals surface area (Å²) in [5.74, 6) is -0.336. The Kier molecular flexibility index (Phi) is 4.48. The predicted molar refractivity (Wildman–Crippen MR) is 69.8 cm³/mol. The molecule has 2 N–H and O–H groups in total. The zero-order valence-electron chi connectivity index (χ0n) is 11.0. The van der Waals surface area contributed by atoms with Crippen molar-refractivity contribution in [1.82, 2.24) is 25.1 Å². The van der Waals surface area contributed by atoms with Crippen LogP contribution in [0.3, 0.4) is 0 Å². The van der Waals surface area contributed by atoms with Crippen LogP contribution in [0.1, 0.15) is 19.8 Å². The second-order valence-corrected chi connectivity index (χ2v) is 3.98. The monoisotopic (exact) mass is 277 g/mol. The molecule has 1 amide bonds. The van der Waals surface area contributed by atoms with Gasteiger partial charge in [0.15, 0.2) is 0 Å². The minimum absolute atomic E-state index is 0.102. The normalized spacial score (nSPS) is 10.2. The molecule has 0 aliphatic rings. The molecular weight excluding hydrogens is 262 g/mol. The third-order valence-electron chi connectivity index (χ3n) is 2.44. The number of aromatic nitrogens is 4. The van der Waals surface area contributed by atoms with Crippen LogP contribution in [0.2, 0.25) is 0 Å². The summed E-state index contributed by atoms with van der Waals surface area (Å²) in [6.07, 6.45) is 5.59. The molecule has 0 saturated carbocycles. The van der Waals surface area contributed by atoms with E-state index in [0.29, 0.717) is 6.54 Å². The Bertz CT molecular complexity index is 570. The number of hydrogen-bond donors (Lipinski definition) is 2. The summed E-state index contributed by atoms with van der Waals surface area (Å²) in [6.45, 7) is 2.53. The lowest BCUT2D eigenvalue weighted by molar-refractivity contribution is 0.197. The van der Waals surface area contributed by atoms with Crippen LogP contribution in [0.5, 0.6) is 11.6 Å². The fourth-order valence-electron chi connectivity index (χ4n) is 1.43. The Morgan fingerprint density at radius 2 is 2.40 bits per heavy atom. The minimum atomic E-state index is -0.649. The number of unbranched alkanes of at least 4 members (excludes halogenated alkanes) is 1. The number of carbonyl (C=O) groups is 1. The summed E-state index contributed by atoms with van der Waals surface area (Å²) >= 11 is 0. The standard InChI is InChI=1S/C12H15N5O3/c1-2-3-5-13-12(19)20-9-8-14-11(16-10(9)18)17-7-4-6-15-17/h4,6-8H,2-3,5H2,1H3,(H,13,19)(H,14,16,18). The van der Waals surface area contributed by atoms with Gasteiger partial charge in [0.25, 0.3) is 11.8 Å². The van der Waals surface area contributed by atoms with Crippen molar-refractivity contribution in [2.24, 2.45) is 0 Å². The van der Waals surface area contributed by atoms with Crippen LogP contribution in [0.25, 0.3) is 5.95 Å². The van der Waals surface area contributed by atoms with Crippen LogP contribution >= 0.6 is 0 Å². The van der Waals surface area contributed by atoms with Crippen molar-refractivity contribution < 1.29 is 14.6 Å². The fourth-order valence-corrected chi connectivity index (χ4v) is 1.43. The van der Waals surface area contributed by atoms with E-state index in [1.54, 1.807) is 18.5 Å². The molecule has 0 spiro atoms. The number of nitrogens with zero attached hydrogens (tertiary/aromatic N) is 4. The summed E-state index contributed by atoms with van der Waals surface area (Å²) < 4.78 is 6.29. The van der Waals surface area contributed by atoms with Gasteiger partial charge in [-0.25, -0.2) is 14.5 Å². The van der Waals surface area contributed by atoms with Crippen molar-refractivity contribution in [3.05, 3.63) is 24.7 Å². The van der Waals surface area contributed by atoms with E-state index < -0.39 is 12.0 Å². The molecule has 8 nitrogen and oxygen atoms in total. The SMILES string of the molecule is CCCCNC(=O)Oc1cnc(-n2cccn2)nc1O. The lowest BCUT2D eigenvalue weighted by Crippen LogP contribution is -2.27. The van der Waals surface area contributed by atoms with E-state index in [4.69, 9.17) is 4.74 Å². The van der Waals surface area contributed by atoms with Crippen LogP contribution in [0, 0.1) is 0 Å². The maximum absolute atomic E-state index is 11.4. The molecule has 20 heavy (non-hydrogen) atoms. The minimum Gasteiger partial charge on any atom is -0.491 e. The number of hydrogen-bond acceptors (Lipinski definition) is 6. The molecule has 0 bridgehead atoms. The maximum Gasteiger partial charge on any atom is 0.412 e. The molecule has 0 saturated heterocycles. The summed E-state index contributed by atoms with van der Waals surface area (Å²) in [7, 11) is 0. The highest BCUT2D eigenvalue weighted by Crippen LogP contribution is 2.22. The van der Waals surface area contributed by atoms with E-state index in [9.17, 15) is 9.90 Å². The molecule has 8 heteroatoms. The first-order valence-electron chi connectivity index (χ1n) is 6.22. The molecule has 106 valence electrons. The molecule has 0 radical (unpaired) electrons. The molecule has 0 aromatic carbocycles. The first kappa shape index (κ1) is 13.8. The largest absolute Gasteiger partial charge is 0.491 e. The van der Waals surface area contributed by atoms with E-state index >= 15 is 0 Å². The molecule has 2 aromatic rings. The summed E-state index contributed by atoms with van der Waals surface area (Å²) in [4.78, 5) is 19.2. The second-order valence-electron chi connectivity index (χ2n) is 3.98. The topological polar surface area (TPSA) is 102 Å². The average molecular weight is 277 g/mol.